The maximum Gasteiger partial charge on any atom is 0.338 e. The highest BCUT2D eigenvalue weighted by Crippen LogP contribution is 2.14. The molecule has 58 valence electrons. The number of hydrogen-bond donors (Lipinski definition) is 2. The van der Waals surface area contributed by atoms with Crippen LogP contribution in [0.5, 0.6) is 0 Å². The fraction of sp³-hybridized carbons (Fsp3) is 0. The highest BCUT2D eigenvalue weighted by Gasteiger charge is 2.08. The van der Waals surface area contributed by atoms with Gasteiger partial charge in [0.2, 0.25) is 0 Å². The summed E-state index contributed by atoms with van der Waals surface area (Å²) in [4.78, 5) is 14.0. The Morgan fingerprint density at radius 3 is 2.82 bits per heavy atom. The maximum atomic E-state index is 10.4. The van der Waals surface area contributed by atoms with Crippen molar-refractivity contribution in [1.29, 1.82) is 0 Å². The predicted octanol–water partition coefficient (Wildman–Crippen LogP) is 1.02. The number of nitrogens with zero attached hydrogens (tertiary/aromatic N) is 1. The van der Waals surface area contributed by atoms with Crippen molar-refractivity contribution in [2.24, 2.45) is 0 Å². The minimum atomic E-state index is -1.13. The Labute approximate surface area is 67.6 Å². The Bertz CT molecular complexity index is 301. The van der Waals surface area contributed by atoms with E-state index in [9.17, 15) is 4.79 Å². The Kier molecular flexibility index (Phi) is 1.96. The molecular formula is C6H5ClN2O2. The number of pyridine rings is 1. The Hall–Kier alpha value is -1.29. The van der Waals surface area contributed by atoms with E-state index in [0.717, 1.165) is 0 Å². The summed E-state index contributed by atoms with van der Waals surface area (Å²) < 4.78 is 0. The zero-order valence-electron chi connectivity index (χ0n) is 5.41. The molecule has 0 saturated carbocycles. The fourth-order valence-corrected chi connectivity index (χ4v) is 0.798. The molecule has 3 N–H and O–H groups in total. The average Bonchev–Trinajstić information content (AvgIpc) is 1.94. The molecule has 1 aromatic heterocycles. The fourth-order valence-electron chi connectivity index (χ4n) is 0.614. The number of nitrogen functional groups attached to an aromatic ring is 1. The molecule has 0 radical (unpaired) electrons. The van der Waals surface area contributed by atoms with Crippen molar-refractivity contribution in [1.82, 2.24) is 4.98 Å². The number of rotatable bonds is 1. The Morgan fingerprint density at radius 1 is 1.73 bits per heavy atom. The molecule has 11 heavy (non-hydrogen) atoms. The molecule has 5 heteroatoms. The molecule has 1 heterocycles. The van der Waals surface area contributed by atoms with Crippen molar-refractivity contribution in [3.63, 3.8) is 0 Å². The number of hydrogen-bond acceptors (Lipinski definition) is 3. The average molecular weight is 173 g/mol. The molecule has 0 atom stereocenters. The molecule has 0 aliphatic rings. The van der Waals surface area contributed by atoms with Crippen LogP contribution < -0.4 is 5.73 Å². The van der Waals surface area contributed by atoms with Crippen molar-refractivity contribution in [2.45, 2.75) is 0 Å². The second-order valence-electron chi connectivity index (χ2n) is 1.91. The van der Waals surface area contributed by atoms with Crippen LogP contribution in [0.2, 0.25) is 5.15 Å². The van der Waals surface area contributed by atoms with E-state index in [4.69, 9.17) is 22.4 Å². The number of carboxylic acid groups (broad SMARTS) is 1. The first-order valence-corrected chi connectivity index (χ1v) is 3.13. The molecule has 1 rings (SSSR count). The van der Waals surface area contributed by atoms with Gasteiger partial charge in [-0.15, -0.1) is 0 Å². The second kappa shape index (κ2) is 2.75. The van der Waals surface area contributed by atoms with Crippen LogP contribution in [0.1, 0.15) is 10.4 Å². The second-order valence-corrected chi connectivity index (χ2v) is 2.27. The van der Waals surface area contributed by atoms with Gasteiger partial charge in [0.15, 0.2) is 0 Å². The molecule has 0 saturated heterocycles. The minimum absolute atomic E-state index is 0.0494. The largest absolute Gasteiger partial charge is 0.478 e. The van der Waals surface area contributed by atoms with Gasteiger partial charge in [-0.3, -0.25) is 0 Å². The van der Waals surface area contributed by atoms with E-state index in [1.165, 1.54) is 12.3 Å². The lowest BCUT2D eigenvalue weighted by molar-refractivity contribution is 0.0696. The molecule has 4 nitrogen and oxygen atoms in total. The third-order valence-corrected chi connectivity index (χ3v) is 1.39. The smallest absolute Gasteiger partial charge is 0.338 e. The lowest BCUT2D eigenvalue weighted by Gasteiger charge is -1.97. The molecule has 0 spiro atoms. The zero-order chi connectivity index (χ0) is 8.43. The van der Waals surface area contributed by atoms with Gasteiger partial charge >= 0.3 is 5.97 Å². The number of nitrogens with two attached hydrogens (primary N) is 1. The van der Waals surface area contributed by atoms with Gasteiger partial charge in [0.05, 0.1) is 17.4 Å². The molecule has 0 aliphatic carbocycles. The number of halogens is 1. The van der Waals surface area contributed by atoms with E-state index >= 15 is 0 Å². The highest BCUT2D eigenvalue weighted by molar-refractivity contribution is 6.32. The van der Waals surface area contributed by atoms with E-state index in [2.05, 4.69) is 4.98 Å². The first-order valence-electron chi connectivity index (χ1n) is 2.75. The molecular weight excluding hydrogens is 168 g/mol. The van der Waals surface area contributed by atoms with Crippen LogP contribution in [-0.4, -0.2) is 16.1 Å². The van der Waals surface area contributed by atoms with E-state index in [-0.39, 0.29) is 16.4 Å². The minimum Gasteiger partial charge on any atom is -0.478 e. The third kappa shape index (κ3) is 1.59. The van der Waals surface area contributed by atoms with E-state index in [1.54, 1.807) is 0 Å². The van der Waals surface area contributed by atoms with Gasteiger partial charge in [-0.1, -0.05) is 11.6 Å². The van der Waals surface area contributed by atoms with Crippen LogP contribution >= 0.6 is 11.6 Å². The third-order valence-electron chi connectivity index (χ3n) is 1.09. The molecule has 0 aromatic carbocycles. The van der Waals surface area contributed by atoms with Gasteiger partial charge in [0.1, 0.15) is 5.15 Å². The number of carboxylic acids is 1. The van der Waals surface area contributed by atoms with Crippen LogP contribution in [0.25, 0.3) is 0 Å². The van der Waals surface area contributed by atoms with Crippen LogP contribution in [0.4, 0.5) is 5.69 Å². The van der Waals surface area contributed by atoms with Crippen LogP contribution in [0.3, 0.4) is 0 Å². The predicted molar refractivity (Wildman–Crippen MR) is 40.6 cm³/mol. The van der Waals surface area contributed by atoms with Crippen LogP contribution in [-0.2, 0) is 0 Å². The van der Waals surface area contributed by atoms with Crippen molar-refractivity contribution in [2.75, 3.05) is 5.73 Å². The lowest BCUT2D eigenvalue weighted by atomic mass is 10.3. The molecule has 0 aliphatic heterocycles. The number of anilines is 1. The van der Waals surface area contributed by atoms with Crippen molar-refractivity contribution >= 4 is 23.3 Å². The molecule has 0 amide bonds. The SMILES string of the molecule is Nc1cnc(Cl)c(C(=O)O)c1. The summed E-state index contributed by atoms with van der Waals surface area (Å²) in [7, 11) is 0. The quantitative estimate of drug-likeness (QED) is 0.620. The van der Waals surface area contributed by atoms with Crippen molar-refractivity contribution in [3.8, 4) is 0 Å². The first-order chi connectivity index (χ1) is 5.11. The summed E-state index contributed by atoms with van der Waals surface area (Å²) in [5.74, 6) is -1.13. The molecule has 0 bridgehead atoms. The van der Waals surface area contributed by atoms with E-state index in [1.807, 2.05) is 0 Å². The monoisotopic (exact) mass is 172 g/mol. The van der Waals surface area contributed by atoms with E-state index < -0.39 is 5.97 Å². The van der Waals surface area contributed by atoms with Gasteiger partial charge in [-0.05, 0) is 6.07 Å². The van der Waals surface area contributed by atoms with Crippen LogP contribution in [0, 0.1) is 0 Å². The van der Waals surface area contributed by atoms with Gasteiger partial charge in [-0.2, -0.15) is 0 Å². The van der Waals surface area contributed by atoms with Gasteiger partial charge in [0, 0.05) is 0 Å². The van der Waals surface area contributed by atoms with Gasteiger partial charge in [0.25, 0.3) is 0 Å². The summed E-state index contributed by atoms with van der Waals surface area (Å²) in [6.45, 7) is 0. The normalized spacial score (nSPS) is 9.55. The first kappa shape index (κ1) is 7.81. The van der Waals surface area contributed by atoms with Gasteiger partial charge < -0.3 is 10.8 Å². The van der Waals surface area contributed by atoms with Crippen molar-refractivity contribution < 1.29 is 9.90 Å². The number of carbonyl (C=O) groups is 1. The summed E-state index contributed by atoms with van der Waals surface area (Å²) in [5, 5.41) is 8.46. The number of aromatic nitrogens is 1. The Balaban J connectivity index is 3.23. The summed E-state index contributed by atoms with van der Waals surface area (Å²) in [5.41, 5.74) is 5.49. The van der Waals surface area contributed by atoms with Crippen molar-refractivity contribution in [3.05, 3.63) is 23.0 Å². The standard InChI is InChI=1S/C6H5ClN2O2/c7-5-4(6(10)11)1-3(8)2-9-5/h1-2H,8H2,(H,10,11). The number of aromatic carboxylic acids is 1. The lowest BCUT2D eigenvalue weighted by Crippen LogP contribution is -2.00. The van der Waals surface area contributed by atoms with Gasteiger partial charge in [-0.25, -0.2) is 9.78 Å². The summed E-state index contributed by atoms with van der Waals surface area (Å²) in [6, 6.07) is 1.26. The zero-order valence-corrected chi connectivity index (χ0v) is 6.17. The maximum absolute atomic E-state index is 10.4. The highest BCUT2D eigenvalue weighted by atomic mass is 35.5. The molecule has 0 unspecified atom stereocenters. The van der Waals surface area contributed by atoms with E-state index in [0.29, 0.717) is 0 Å². The summed E-state index contributed by atoms with van der Waals surface area (Å²) in [6.07, 6.45) is 1.30. The Morgan fingerprint density at radius 2 is 2.36 bits per heavy atom. The topological polar surface area (TPSA) is 76.2 Å². The molecule has 1 aromatic rings. The molecule has 0 fully saturated rings. The van der Waals surface area contributed by atoms with Crippen LogP contribution in [0.15, 0.2) is 12.3 Å². The summed E-state index contributed by atoms with van der Waals surface area (Å²) >= 11 is 5.44.